The van der Waals surface area contributed by atoms with E-state index in [1.165, 1.54) is 28.6 Å². The van der Waals surface area contributed by atoms with Gasteiger partial charge in [-0.25, -0.2) is 13.2 Å². The Kier molecular flexibility index (Phi) is 6.18. The fourth-order valence-corrected chi connectivity index (χ4v) is 4.35. The molecule has 2 N–H and O–H groups in total. The third-order valence-corrected chi connectivity index (χ3v) is 6.16. The SMILES string of the molecule is CC(C)[C@@H](NC(=O)c1cccc(S(=O)(=O)N2CCCCC2)c1)C(=O)O. The van der Waals surface area contributed by atoms with Crippen molar-refractivity contribution in [2.75, 3.05) is 13.1 Å². The minimum Gasteiger partial charge on any atom is -0.480 e. The molecule has 2 rings (SSSR count). The first-order valence-corrected chi connectivity index (χ1v) is 9.81. The Balaban J connectivity index is 2.23. The molecule has 1 atom stereocenters. The van der Waals surface area contributed by atoms with Crippen LogP contribution in [-0.4, -0.2) is 48.8 Å². The molecule has 0 aromatic heterocycles. The Labute approximate surface area is 148 Å². The maximum atomic E-state index is 12.7. The Hall–Kier alpha value is -1.93. The number of nitrogens with zero attached hydrogens (tertiary/aromatic N) is 1. The molecule has 0 radical (unpaired) electrons. The van der Waals surface area contributed by atoms with Crippen molar-refractivity contribution in [2.45, 2.75) is 44.0 Å². The molecule has 1 aliphatic rings. The first kappa shape index (κ1) is 19.4. The fourth-order valence-electron chi connectivity index (χ4n) is 2.79. The van der Waals surface area contributed by atoms with E-state index in [-0.39, 0.29) is 16.4 Å². The van der Waals surface area contributed by atoms with Gasteiger partial charge in [-0.1, -0.05) is 26.3 Å². The molecule has 0 unspecified atom stereocenters. The highest BCUT2D eigenvalue weighted by molar-refractivity contribution is 7.89. The second-order valence-electron chi connectivity index (χ2n) is 6.53. The lowest BCUT2D eigenvalue weighted by molar-refractivity contribution is -0.140. The van der Waals surface area contributed by atoms with Crippen LogP contribution in [-0.2, 0) is 14.8 Å². The number of sulfonamides is 1. The molecule has 1 heterocycles. The van der Waals surface area contributed by atoms with Gasteiger partial charge in [-0.2, -0.15) is 4.31 Å². The molecule has 0 spiro atoms. The summed E-state index contributed by atoms with van der Waals surface area (Å²) in [6.07, 6.45) is 2.67. The van der Waals surface area contributed by atoms with Gasteiger partial charge in [0.05, 0.1) is 4.90 Å². The molecule has 138 valence electrons. The van der Waals surface area contributed by atoms with Crippen molar-refractivity contribution in [3.63, 3.8) is 0 Å². The summed E-state index contributed by atoms with van der Waals surface area (Å²) in [5, 5.41) is 11.6. The van der Waals surface area contributed by atoms with Crippen LogP contribution in [0, 0.1) is 5.92 Å². The number of rotatable bonds is 6. The lowest BCUT2D eigenvalue weighted by Crippen LogP contribution is -2.44. The van der Waals surface area contributed by atoms with Gasteiger partial charge in [-0.3, -0.25) is 4.79 Å². The number of hydrogen-bond acceptors (Lipinski definition) is 4. The molecular formula is C17H24N2O5S. The molecule has 1 aromatic carbocycles. The quantitative estimate of drug-likeness (QED) is 0.795. The van der Waals surface area contributed by atoms with Gasteiger partial charge >= 0.3 is 5.97 Å². The maximum Gasteiger partial charge on any atom is 0.326 e. The molecule has 8 heteroatoms. The second-order valence-corrected chi connectivity index (χ2v) is 8.46. The van der Waals surface area contributed by atoms with Gasteiger partial charge in [0, 0.05) is 18.7 Å². The summed E-state index contributed by atoms with van der Waals surface area (Å²) in [6.45, 7) is 4.34. The summed E-state index contributed by atoms with van der Waals surface area (Å²) < 4.78 is 26.8. The molecule has 1 saturated heterocycles. The number of carboxylic acid groups (broad SMARTS) is 1. The summed E-state index contributed by atoms with van der Waals surface area (Å²) in [5.74, 6) is -2.01. The van der Waals surface area contributed by atoms with Crippen molar-refractivity contribution in [1.29, 1.82) is 0 Å². The molecule has 0 bridgehead atoms. The van der Waals surface area contributed by atoms with Crippen molar-refractivity contribution in [3.05, 3.63) is 29.8 Å². The van der Waals surface area contributed by atoms with Crippen LogP contribution in [0.3, 0.4) is 0 Å². The minimum absolute atomic E-state index is 0.0541. The standard InChI is InChI=1S/C17H24N2O5S/c1-12(2)15(17(21)22)18-16(20)13-7-6-8-14(11-13)25(23,24)19-9-4-3-5-10-19/h6-8,11-12,15H,3-5,9-10H2,1-2H3,(H,18,20)(H,21,22)/t15-/m1/s1. The third-order valence-electron chi connectivity index (χ3n) is 4.27. The van der Waals surface area contributed by atoms with E-state index in [4.69, 9.17) is 0 Å². The van der Waals surface area contributed by atoms with Crippen molar-refractivity contribution in [2.24, 2.45) is 5.92 Å². The van der Waals surface area contributed by atoms with E-state index >= 15 is 0 Å². The van der Waals surface area contributed by atoms with Crippen LogP contribution < -0.4 is 5.32 Å². The van der Waals surface area contributed by atoms with E-state index in [1.54, 1.807) is 13.8 Å². The van der Waals surface area contributed by atoms with Crippen LogP contribution in [0.2, 0.25) is 0 Å². The van der Waals surface area contributed by atoms with Gasteiger partial charge in [-0.05, 0) is 37.0 Å². The van der Waals surface area contributed by atoms with Crippen molar-refractivity contribution >= 4 is 21.9 Å². The van der Waals surface area contributed by atoms with Crippen LogP contribution in [0.1, 0.15) is 43.5 Å². The molecule has 1 aromatic rings. The molecule has 1 fully saturated rings. The summed E-state index contributed by atoms with van der Waals surface area (Å²) in [4.78, 5) is 23.6. The van der Waals surface area contributed by atoms with Gasteiger partial charge in [0.15, 0.2) is 0 Å². The second kappa shape index (κ2) is 7.97. The number of amides is 1. The highest BCUT2D eigenvalue weighted by atomic mass is 32.2. The largest absolute Gasteiger partial charge is 0.480 e. The first-order chi connectivity index (χ1) is 11.7. The number of carboxylic acids is 1. The lowest BCUT2D eigenvalue weighted by Gasteiger charge is -2.26. The minimum atomic E-state index is -3.64. The molecule has 25 heavy (non-hydrogen) atoms. The molecular weight excluding hydrogens is 344 g/mol. The molecule has 0 aliphatic carbocycles. The highest BCUT2D eigenvalue weighted by Crippen LogP contribution is 2.21. The number of aliphatic carboxylic acids is 1. The van der Waals surface area contributed by atoms with Gasteiger partial charge in [-0.15, -0.1) is 0 Å². The van der Waals surface area contributed by atoms with E-state index in [9.17, 15) is 23.1 Å². The van der Waals surface area contributed by atoms with Gasteiger partial charge in [0.1, 0.15) is 6.04 Å². The van der Waals surface area contributed by atoms with Crippen molar-refractivity contribution < 1.29 is 23.1 Å². The van der Waals surface area contributed by atoms with E-state index < -0.39 is 27.9 Å². The number of nitrogens with one attached hydrogen (secondary N) is 1. The Bertz CT molecular complexity index is 739. The number of carbonyl (C=O) groups is 2. The lowest BCUT2D eigenvalue weighted by atomic mass is 10.0. The monoisotopic (exact) mass is 368 g/mol. The Morgan fingerprint density at radius 2 is 1.80 bits per heavy atom. The van der Waals surface area contributed by atoms with Crippen LogP contribution in [0.4, 0.5) is 0 Å². The van der Waals surface area contributed by atoms with E-state index in [1.807, 2.05) is 0 Å². The highest BCUT2D eigenvalue weighted by Gasteiger charge is 2.28. The fraction of sp³-hybridized carbons (Fsp3) is 0.529. The van der Waals surface area contributed by atoms with Crippen LogP contribution in [0.25, 0.3) is 0 Å². The summed E-state index contributed by atoms with van der Waals surface area (Å²) >= 11 is 0. The zero-order valence-electron chi connectivity index (χ0n) is 14.4. The van der Waals surface area contributed by atoms with E-state index in [2.05, 4.69) is 5.32 Å². The Morgan fingerprint density at radius 1 is 1.16 bits per heavy atom. The van der Waals surface area contributed by atoms with Gasteiger partial charge < -0.3 is 10.4 Å². The van der Waals surface area contributed by atoms with Crippen LogP contribution in [0.15, 0.2) is 29.2 Å². The normalized spacial score (nSPS) is 17.2. The molecule has 1 aliphatic heterocycles. The number of benzene rings is 1. The van der Waals surface area contributed by atoms with Gasteiger partial charge in [0.2, 0.25) is 10.0 Å². The first-order valence-electron chi connectivity index (χ1n) is 8.37. The van der Waals surface area contributed by atoms with Gasteiger partial charge in [0.25, 0.3) is 5.91 Å². The van der Waals surface area contributed by atoms with Crippen LogP contribution in [0.5, 0.6) is 0 Å². The number of carbonyl (C=O) groups excluding carboxylic acids is 1. The Morgan fingerprint density at radius 3 is 2.36 bits per heavy atom. The maximum absolute atomic E-state index is 12.7. The zero-order valence-corrected chi connectivity index (χ0v) is 15.3. The third kappa shape index (κ3) is 4.58. The smallest absolute Gasteiger partial charge is 0.326 e. The summed E-state index contributed by atoms with van der Waals surface area (Å²) in [7, 11) is -3.64. The van der Waals surface area contributed by atoms with E-state index in [0.717, 1.165) is 19.3 Å². The van der Waals surface area contributed by atoms with Crippen molar-refractivity contribution in [3.8, 4) is 0 Å². The molecule has 0 saturated carbocycles. The predicted molar refractivity (Wildman–Crippen MR) is 92.8 cm³/mol. The van der Waals surface area contributed by atoms with E-state index in [0.29, 0.717) is 13.1 Å². The van der Waals surface area contributed by atoms with Crippen LogP contribution >= 0.6 is 0 Å². The predicted octanol–water partition coefficient (Wildman–Crippen LogP) is 1.70. The van der Waals surface area contributed by atoms with Crippen molar-refractivity contribution in [1.82, 2.24) is 9.62 Å². The average molecular weight is 368 g/mol. The molecule has 7 nitrogen and oxygen atoms in total. The number of hydrogen-bond donors (Lipinski definition) is 2. The summed E-state index contributed by atoms with van der Waals surface area (Å²) in [5.41, 5.74) is 0.130. The zero-order chi connectivity index (χ0) is 18.6. The topological polar surface area (TPSA) is 104 Å². The molecule has 1 amide bonds. The average Bonchev–Trinajstić information content (AvgIpc) is 2.59. The summed E-state index contributed by atoms with van der Waals surface area (Å²) in [6, 6.07) is 4.70. The number of piperidine rings is 1.